The van der Waals surface area contributed by atoms with Gasteiger partial charge in [0, 0.05) is 11.8 Å². The zero-order valence-corrected chi connectivity index (χ0v) is 11.6. The van der Waals surface area contributed by atoms with Crippen LogP contribution in [0.5, 0.6) is 5.75 Å². The maximum Gasteiger partial charge on any atom is 0.119 e. The van der Waals surface area contributed by atoms with Crippen molar-refractivity contribution in [3.8, 4) is 5.75 Å². The molecule has 0 aromatic heterocycles. The smallest absolute Gasteiger partial charge is 0.119 e. The monoisotopic (exact) mass is 253 g/mol. The van der Waals surface area contributed by atoms with Crippen LogP contribution in [0.4, 0.5) is 0 Å². The van der Waals surface area contributed by atoms with Crippen LogP contribution < -0.4 is 10.5 Å². The first-order valence-electron chi connectivity index (χ1n) is 6.34. The molecule has 0 spiro atoms. The third-order valence-electron chi connectivity index (χ3n) is 2.43. The van der Waals surface area contributed by atoms with Crippen LogP contribution in [0.1, 0.15) is 38.3 Å². The minimum atomic E-state index is 0.131. The molecule has 0 heterocycles. The molecule has 1 rings (SSSR count). The van der Waals surface area contributed by atoms with Crippen LogP contribution in [0.25, 0.3) is 0 Å². The Bertz CT molecular complexity index is 300. The van der Waals surface area contributed by atoms with Gasteiger partial charge in [-0.3, -0.25) is 0 Å². The Hall–Kier alpha value is -0.670. The van der Waals surface area contributed by atoms with Gasteiger partial charge < -0.3 is 10.5 Å². The topological polar surface area (TPSA) is 35.2 Å². The first kappa shape index (κ1) is 14.4. The molecule has 1 atom stereocenters. The molecule has 0 bridgehead atoms. The predicted molar refractivity (Wildman–Crippen MR) is 76.8 cm³/mol. The second kappa shape index (κ2) is 8.43. The second-order valence-corrected chi connectivity index (χ2v) is 5.25. The third-order valence-corrected chi connectivity index (χ3v) is 3.72. The van der Waals surface area contributed by atoms with Crippen molar-refractivity contribution in [2.24, 2.45) is 5.73 Å². The Morgan fingerprint density at radius 3 is 2.47 bits per heavy atom. The molecular weight excluding hydrogens is 230 g/mol. The van der Waals surface area contributed by atoms with E-state index in [1.165, 1.54) is 17.7 Å². The molecule has 1 aromatic carbocycles. The molecule has 2 nitrogen and oxygen atoms in total. The zero-order chi connectivity index (χ0) is 12.5. The lowest BCUT2D eigenvalue weighted by molar-refractivity contribution is 0.317. The van der Waals surface area contributed by atoms with Crippen molar-refractivity contribution in [1.29, 1.82) is 0 Å². The summed E-state index contributed by atoms with van der Waals surface area (Å²) in [5.41, 5.74) is 7.32. The van der Waals surface area contributed by atoms with E-state index in [-0.39, 0.29) is 6.04 Å². The standard InChI is InChI=1S/C14H23NOS/c1-3-9-16-13-7-5-12(6-8-13)14(15)11-17-10-4-2/h5-8,14H,3-4,9-11,15H2,1-2H3. The minimum absolute atomic E-state index is 0.131. The van der Waals surface area contributed by atoms with Crippen LogP contribution in [-0.4, -0.2) is 18.1 Å². The Balaban J connectivity index is 2.43. The van der Waals surface area contributed by atoms with E-state index in [0.717, 1.165) is 24.5 Å². The van der Waals surface area contributed by atoms with Crippen molar-refractivity contribution < 1.29 is 4.74 Å². The van der Waals surface area contributed by atoms with Gasteiger partial charge in [-0.1, -0.05) is 26.0 Å². The summed E-state index contributed by atoms with van der Waals surface area (Å²) < 4.78 is 5.54. The van der Waals surface area contributed by atoms with Gasteiger partial charge in [0.1, 0.15) is 5.75 Å². The van der Waals surface area contributed by atoms with Gasteiger partial charge in [-0.05, 0) is 36.3 Å². The zero-order valence-electron chi connectivity index (χ0n) is 10.8. The largest absolute Gasteiger partial charge is 0.494 e. The number of ether oxygens (including phenoxy) is 1. The molecule has 0 aliphatic heterocycles. The molecule has 96 valence electrons. The fraction of sp³-hybridized carbons (Fsp3) is 0.571. The number of rotatable bonds is 8. The Morgan fingerprint density at radius 2 is 1.88 bits per heavy atom. The number of nitrogens with two attached hydrogens (primary N) is 1. The van der Waals surface area contributed by atoms with Crippen molar-refractivity contribution in [2.45, 2.75) is 32.7 Å². The summed E-state index contributed by atoms with van der Waals surface area (Å²) in [6.45, 7) is 5.07. The van der Waals surface area contributed by atoms with E-state index < -0.39 is 0 Å². The van der Waals surface area contributed by atoms with Gasteiger partial charge in [0.05, 0.1) is 6.61 Å². The summed E-state index contributed by atoms with van der Waals surface area (Å²) in [5, 5.41) is 0. The van der Waals surface area contributed by atoms with E-state index in [0.29, 0.717) is 0 Å². The van der Waals surface area contributed by atoms with Crippen LogP contribution in [0.2, 0.25) is 0 Å². The fourth-order valence-electron chi connectivity index (χ4n) is 1.48. The highest BCUT2D eigenvalue weighted by atomic mass is 32.2. The normalized spacial score (nSPS) is 12.4. The molecule has 0 saturated heterocycles. The molecule has 1 unspecified atom stereocenters. The van der Waals surface area contributed by atoms with Crippen molar-refractivity contribution >= 4 is 11.8 Å². The van der Waals surface area contributed by atoms with Gasteiger partial charge in [-0.2, -0.15) is 11.8 Å². The van der Waals surface area contributed by atoms with Gasteiger partial charge in [-0.25, -0.2) is 0 Å². The van der Waals surface area contributed by atoms with Crippen molar-refractivity contribution in [3.05, 3.63) is 29.8 Å². The van der Waals surface area contributed by atoms with E-state index in [9.17, 15) is 0 Å². The molecule has 2 N–H and O–H groups in total. The average molecular weight is 253 g/mol. The highest BCUT2D eigenvalue weighted by Gasteiger charge is 2.05. The lowest BCUT2D eigenvalue weighted by Gasteiger charge is -2.12. The molecular formula is C14H23NOS. The molecule has 17 heavy (non-hydrogen) atoms. The van der Waals surface area contributed by atoms with Gasteiger partial charge >= 0.3 is 0 Å². The van der Waals surface area contributed by atoms with Crippen molar-refractivity contribution in [1.82, 2.24) is 0 Å². The highest BCUT2D eigenvalue weighted by molar-refractivity contribution is 7.99. The molecule has 0 radical (unpaired) electrons. The van der Waals surface area contributed by atoms with Crippen LogP contribution in [0.15, 0.2) is 24.3 Å². The van der Waals surface area contributed by atoms with Gasteiger partial charge in [0.2, 0.25) is 0 Å². The first-order valence-corrected chi connectivity index (χ1v) is 7.49. The van der Waals surface area contributed by atoms with E-state index in [2.05, 4.69) is 26.0 Å². The molecule has 0 aliphatic carbocycles. The predicted octanol–water partition coefficient (Wildman–Crippen LogP) is 3.62. The maximum atomic E-state index is 6.12. The van der Waals surface area contributed by atoms with Crippen LogP contribution in [-0.2, 0) is 0 Å². The van der Waals surface area contributed by atoms with Gasteiger partial charge in [0.25, 0.3) is 0 Å². The van der Waals surface area contributed by atoms with E-state index in [1.807, 2.05) is 23.9 Å². The van der Waals surface area contributed by atoms with Gasteiger partial charge in [-0.15, -0.1) is 0 Å². The number of hydrogen-bond acceptors (Lipinski definition) is 3. The molecule has 0 aliphatic rings. The first-order chi connectivity index (χ1) is 8.27. The van der Waals surface area contributed by atoms with Crippen LogP contribution in [0.3, 0.4) is 0 Å². The highest BCUT2D eigenvalue weighted by Crippen LogP contribution is 2.19. The van der Waals surface area contributed by atoms with Crippen LogP contribution >= 0.6 is 11.8 Å². The second-order valence-electron chi connectivity index (χ2n) is 4.10. The summed E-state index contributed by atoms with van der Waals surface area (Å²) in [6.07, 6.45) is 2.25. The van der Waals surface area contributed by atoms with E-state index in [1.54, 1.807) is 0 Å². The van der Waals surface area contributed by atoms with E-state index >= 15 is 0 Å². The summed E-state index contributed by atoms with van der Waals surface area (Å²) in [6, 6.07) is 8.29. The summed E-state index contributed by atoms with van der Waals surface area (Å²) in [7, 11) is 0. The average Bonchev–Trinajstić information content (AvgIpc) is 2.37. The van der Waals surface area contributed by atoms with Crippen molar-refractivity contribution in [2.75, 3.05) is 18.1 Å². The number of hydrogen-bond donors (Lipinski definition) is 1. The lowest BCUT2D eigenvalue weighted by Crippen LogP contribution is -2.13. The Morgan fingerprint density at radius 1 is 1.18 bits per heavy atom. The summed E-state index contributed by atoms with van der Waals surface area (Å²) in [4.78, 5) is 0. The molecule has 0 amide bonds. The number of thioether (sulfide) groups is 1. The van der Waals surface area contributed by atoms with Gasteiger partial charge in [0.15, 0.2) is 0 Å². The molecule has 3 heteroatoms. The number of benzene rings is 1. The Labute approximate surface area is 109 Å². The maximum absolute atomic E-state index is 6.12. The summed E-state index contributed by atoms with van der Waals surface area (Å²) in [5.74, 6) is 3.11. The Kier molecular flexibility index (Phi) is 7.13. The van der Waals surface area contributed by atoms with Crippen LogP contribution in [0, 0.1) is 0 Å². The quantitative estimate of drug-likeness (QED) is 0.719. The SMILES string of the molecule is CCCOc1ccc(C(N)CSCCC)cc1. The van der Waals surface area contributed by atoms with Crippen molar-refractivity contribution in [3.63, 3.8) is 0 Å². The fourth-order valence-corrected chi connectivity index (χ4v) is 2.38. The minimum Gasteiger partial charge on any atom is -0.494 e. The molecule has 0 saturated carbocycles. The van der Waals surface area contributed by atoms with E-state index in [4.69, 9.17) is 10.5 Å². The molecule has 1 aromatic rings. The third kappa shape index (κ3) is 5.46. The molecule has 0 fully saturated rings. The summed E-state index contributed by atoms with van der Waals surface area (Å²) >= 11 is 1.92. The lowest BCUT2D eigenvalue weighted by atomic mass is 10.1.